The summed E-state index contributed by atoms with van der Waals surface area (Å²) in [6.45, 7) is -0.368. The van der Waals surface area contributed by atoms with E-state index in [9.17, 15) is 4.79 Å². The van der Waals surface area contributed by atoms with Gasteiger partial charge < -0.3 is 14.6 Å². The number of benzene rings is 2. The Morgan fingerprint density at radius 3 is 1.86 bits per heavy atom. The van der Waals surface area contributed by atoms with Gasteiger partial charge in [-0.1, -0.05) is 0 Å². The molecule has 2 aromatic carbocycles. The van der Waals surface area contributed by atoms with Crippen LogP contribution in [0.3, 0.4) is 0 Å². The van der Waals surface area contributed by atoms with E-state index in [4.69, 9.17) is 14.6 Å². The molecule has 0 unspecified atom stereocenters. The molecule has 0 heterocycles. The van der Waals surface area contributed by atoms with Crippen molar-refractivity contribution in [2.24, 2.45) is 10.2 Å². The van der Waals surface area contributed by atoms with Gasteiger partial charge in [0.15, 0.2) is 6.61 Å². The van der Waals surface area contributed by atoms with Crippen LogP contribution in [-0.4, -0.2) is 24.8 Å². The van der Waals surface area contributed by atoms with E-state index in [0.29, 0.717) is 17.1 Å². The molecule has 2 rings (SSSR count). The molecule has 0 aliphatic heterocycles. The van der Waals surface area contributed by atoms with Crippen LogP contribution in [0.5, 0.6) is 11.5 Å². The first-order valence-corrected chi connectivity index (χ1v) is 6.18. The molecule has 6 nitrogen and oxygen atoms in total. The highest BCUT2D eigenvalue weighted by molar-refractivity contribution is 5.68. The summed E-state index contributed by atoms with van der Waals surface area (Å²) in [5.74, 6) is 0.216. The molecule has 21 heavy (non-hydrogen) atoms. The SMILES string of the molecule is COc1ccc(N=Nc2ccc(OCC(=O)O)cc2)cc1. The lowest BCUT2D eigenvalue weighted by atomic mass is 10.3. The number of rotatable bonds is 6. The number of azo groups is 1. The maximum absolute atomic E-state index is 10.4. The summed E-state index contributed by atoms with van der Waals surface area (Å²) >= 11 is 0. The number of nitrogens with zero attached hydrogens (tertiary/aromatic N) is 2. The average molecular weight is 286 g/mol. The van der Waals surface area contributed by atoms with E-state index in [-0.39, 0.29) is 6.61 Å². The van der Waals surface area contributed by atoms with Gasteiger partial charge in [0.1, 0.15) is 11.5 Å². The summed E-state index contributed by atoms with van der Waals surface area (Å²) in [6, 6.07) is 13.9. The number of carboxylic acids is 1. The first-order valence-electron chi connectivity index (χ1n) is 6.18. The normalized spacial score (nSPS) is 10.5. The zero-order chi connectivity index (χ0) is 15.1. The van der Waals surface area contributed by atoms with Crippen LogP contribution in [0.15, 0.2) is 58.8 Å². The number of aliphatic carboxylic acids is 1. The van der Waals surface area contributed by atoms with E-state index in [1.54, 1.807) is 55.6 Å². The van der Waals surface area contributed by atoms with Crippen LogP contribution in [0, 0.1) is 0 Å². The Labute approximate surface area is 121 Å². The topological polar surface area (TPSA) is 80.5 Å². The zero-order valence-electron chi connectivity index (χ0n) is 11.4. The first-order chi connectivity index (χ1) is 10.2. The molecule has 0 saturated carbocycles. The molecule has 0 aromatic heterocycles. The fourth-order valence-corrected chi connectivity index (χ4v) is 1.52. The standard InChI is InChI=1S/C15H14N2O4/c1-20-13-6-2-11(3-7-13)16-17-12-4-8-14(9-5-12)21-10-15(18)19/h2-9H,10H2,1H3,(H,18,19). The molecule has 0 aliphatic rings. The molecule has 1 N–H and O–H groups in total. The van der Waals surface area contributed by atoms with E-state index in [2.05, 4.69) is 10.2 Å². The molecule has 0 amide bonds. The zero-order valence-corrected chi connectivity index (χ0v) is 11.4. The molecule has 0 aliphatic carbocycles. The molecular weight excluding hydrogens is 272 g/mol. The first kappa shape index (κ1) is 14.5. The van der Waals surface area contributed by atoms with Gasteiger partial charge in [0.2, 0.25) is 0 Å². The molecule has 0 spiro atoms. The predicted molar refractivity (Wildman–Crippen MR) is 76.7 cm³/mol. The van der Waals surface area contributed by atoms with Crippen molar-refractivity contribution in [3.05, 3.63) is 48.5 Å². The molecule has 6 heteroatoms. The van der Waals surface area contributed by atoms with Crippen LogP contribution in [-0.2, 0) is 4.79 Å². The van der Waals surface area contributed by atoms with Crippen molar-refractivity contribution in [1.82, 2.24) is 0 Å². The molecule has 0 saturated heterocycles. The van der Waals surface area contributed by atoms with Crippen LogP contribution in [0.2, 0.25) is 0 Å². The van der Waals surface area contributed by atoms with Crippen molar-refractivity contribution in [1.29, 1.82) is 0 Å². The fraction of sp³-hybridized carbons (Fsp3) is 0.133. The van der Waals surface area contributed by atoms with E-state index < -0.39 is 5.97 Å². The summed E-state index contributed by atoms with van der Waals surface area (Å²) in [7, 11) is 1.60. The van der Waals surface area contributed by atoms with Gasteiger partial charge in [-0.3, -0.25) is 0 Å². The molecular formula is C15H14N2O4. The fourth-order valence-electron chi connectivity index (χ4n) is 1.52. The van der Waals surface area contributed by atoms with Gasteiger partial charge in [-0.25, -0.2) is 4.79 Å². The number of hydrogen-bond donors (Lipinski definition) is 1. The Morgan fingerprint density at radius 2 is 1.43 bits per heavy atom. The molecule has 2 aromatic rings. The van der Waals surface area contributed by atoms with Crippen molar-refractivity contribution < 1.29 is 19.4 Å². The van der Waals surface area contributed by atoms with Crippen LogP contribution in [0.1, 0.15) is 0 Å². The third kappa shape index (κ3) is 4.61. The highest BCUT2D eigenvalue weighted by atomic mass is 16.5. The Bertz CT molecular complexity index is 621. The van der Waals surface area contributed by atoms with E-state index in [0.717, 1.165) is 5.75 Å². The highest BCUT2D eigenvalue weighted by Crippen LogP contribution is 2.22. The smallest absolute Gasteiger partial charge is 0.341 e. The summed E-state index contributed by atoms with van der Waals surface area (Å²) in [6.07, 6.45) is 0. The van der Waals surface area contributed by atoms with Gasteiger partial charge in [-0.15, -0.1) is 0 Å². The van der Waals surface area contributed by atoms with Crippen molar-refractivity contribution in [2.75, 3.05) is 13.7 Å². The van der Waals surface area contributed by atoms with Gasteiger partial charge in [0, 0.05) is 0 Å². The summed E-state index contributed by atoms with van der Waals surface area (Å²) in [4.78, 5) is 10.4. The second-order valence-corrected chi connectivity index (χ2v) is 4.07. The summed E-state index contributed by atoms with van der Waals surface area (Å²) < 4.78 is 10.1. The molecule has 0 radical (unpaired) electrons. The van der Waals surface area contributed by atoms with Crippen LogP contribution in [0.25, 0.3) is 0 Å². The van der Waals surface area contributed by atoms with Crippen LogP contribution in [0.4, 0.5) is 11.4 Å². The Morgan fingerprint density at radius 1 is 0.952 bits per heavy atom. The number of ether oxygens (including phenoxy) is 2. The van der Waals surface area contributed by atoms with Crippen molar-refractivity contribution >= 4 is 17.3 Å². The summed E-state index contributed by atoms with van der Waals surface area (Å²) in [5, 5.41) is 16.7. The predicted octanol–water partition coefficient (Wildman–Crippen LogP) is 3.57. The number of carboxylic acid groups (broad SMARTS) is 1. The maximum Gasteiger partial charge on any atom is 0.341 e. The van der Waals surface area contributed by atoms with E-state index in [1.807, 2.05) is 0 Å². The summed E-state index contributed by atoms with van der Waals surface area (Å²) in [5.41, 5.74) is 1.36. The Kier molecular flexibility index (Phi) is 4.87. The molecule has 108 valence electrons. The third-order valence-corrected chi connectivity index (χ3v) is 2.55. The third-order valence-electron chi connectivity index (χ3n) is 2.55. The van der Waals surface area contributed by atoms with Crippen molar-refractivity contribution in [2.45, 2.75) is 0 Å². The quantitative estimate of drug-likeness (QED) is 0.823. The molecule has 0 bridgehead atoms. The highest BCUT2D eigenvalue weighted by Gasteiger charge is 1.99. The number of hydrogen-bond acceptors (Lipinski definition) is 5. The van der Waals surface area contributed by atoms with Gasteiger partial charge in [0.25, 0.3) is 0 Å². The van der Waals surface area contributed by atoms with E-state index in [1.165, 1.54) is 0 Å². The van der Waals surface area contributed by atoms with Gasteiger partial charge in [-0.2, -0.15) is 10.2 Å². The van der Waals surface area contributed by atoms with Crippen LogP contribution < -0.4 is 9.47 Å². The van der Waals surface area contributed by atoms with Gasteiger partial charge in [-0.05, 0) is 48.5 Å². The van der Waals surface area contributed by atoms with Gasteiger partial charge in [0.05, 0.1) is 18.5 Å². The lowest BCUT2D eigenvalue weighted by molar-refractivity contribution is -0.139. The minimum atomic E-state index is -1.02. The second-order valence-electron chi connectivity index (χ2n) is 4.07. The number of carbonyl (C=O) groups is 1. The molecule has 0 atom stereocenters. The largest absolute Gasteiger partial charge is 0.497 e. The Balaban J connectivity index is 1.98. The van der Waals surface area contributed by atoms with Gasteiger partial charge >= 0.3 is 5.97 Å². The monoisotopic (exact) mass is 286 g/mol. The second kappa shape index (κ2) is 7.04. The Hall–Kier alpha value is -2.89. The van der Waals surface area contributed by atoms with E-state index >= 15 is 0 Å². The van der Waals surface area contributed by atoms with Crippen LogP contribution >= 0.6 is 0 Å². The average Bonchev–Trinajstić information content (AvgIpc) is 2.52. The minimum absolute atomic E-state index is 0.368. The van der Waals surface area contributed by atoms with Crippen molar-refractivity contribution in [3.63, 3.8) is 0 Å². The van der Waals surface area contributed by atoms with Crippen molar-refractivity contribution in [3.8, 4) is 11.5 Å². The lowest BCUT2D eigenvalue weighted by Gasteiger charge is -2.02. The molecule has 0 fully saturated rings. The lowest BCUT2D eigenvalue weighted by Crippen LogP contribution is -2.09. The number of methoxy groups -OCH3 is 1. The maximum atomic E-state index is 10.4. The minimum Gasteiger partial charge on any atom is -0.497 e.